The molecule has 0 fully saturated rings. The van der Waals surface area contributed by atoms with Crippen molar-refractivity contribution in [1.29, 1.82) is 0 Å². The number of benzene rings is 1. The number of urea groups is 1. The van der Waals surface area contributed by atoms with Gasteiger partial charge in [-0.25, -0.2) is 22.9 Å². The Hall–Kier alpha value is -3.44. The summed E-state index contributed by atoms with van der Waals surface area (Å²) in [7, 11) is 0. The molecular formula is C17H12F6N4O2. The van der Waals surface area contributed by atoms with Crippen molar-refractivity contribution in [2.75, 3.05) is 11.1 Å². The van der Waals surface area contributed by atoms with Crippen molar-refractivity contribution in [3.05, 3.63) is 53.2 Å². The first-order valence-electron chi connectivity index (χ1n) is 7.90. The maximum Gasteiger partial charge on any atom is 0.416 e. The summed E-state index contributed by atoms with van der Waals surface area (Å²) in [5.41, 5.74) is 4.13. The van der Waals surface area contributed by atoms with E-state index in [4.69, 9.17) is 10.2 Å². The molecule has 0 unspecified atom stereocenters. The van der Waals surface area contributed by atoms with E-state index >= 15 is 0 Å². The molecule has 0 saturated carbocycles. The van der Waals surface area contributed by atoms with Crippen LogP contribution in [0.3, 0.4) is 0 Å². The number of anilines is 2. The number of carbonyl (C=O) groups excluding carboxylic acids is 1. The van der Waals surface area contributed by atoms with Gasteiger partial charge in [0.15, 0.2) is 29.1 Å². The third-order valence-electron chi connectivity index (χ3n) is 3.99. The molecule has 0 bridgehead atoms. The van der Waals surface area contributed by atoms with Gasteiger partial charge in [0, 0.05) is 23.1 Å². The molecule has 2 aromatic heterocycles. The van der Waals surface area contributed by atoms with Crippen LogP contribution in [-0.4, -0.2) is 17.2 Å². The number of nitrogens with two attached hydrogens (primary N) is 1. The lowest BCUT2D eigenvalue weighted by Gasteiger charge is -2.20. The maximum atomic E-state index is 13.9. The quantitative estimate of drug-likeness (QED) is 0.544. The number of alkyl halides is 3. The molecule has 0 aliphatic carbocycles. The van der Waals surface area contributed by atoms with Gasteiger partial charge in [-0.05, 0) is 13.0 Å². The van der Waals surface area contributed by atoms with E-state index in [-0.39, 0.29) is 16.6 Å². The number of aromatic nitrogens is 1. The average Bonchev–Trinajstić information content (AvgIpc) is 2.92. The van der Waals surface area contributed by atoms with Crippen LogP contribution in [0.2, 0.25) is 0 Å². The molecule has 0 aliphatic rings. The van der Waals surface area contributed by atoms with E-state index < -0.39 is 52.9 Å². The Morgan fingerprint density at radius 2 is 1.86 bits per heavy atom. The fourth-order valence-electron chi connectivity index (χ4n) is 2.65. The van der Waals surface area contributed by atoms with Crippen LogP contribution in [0.4, 0.5) is 42.6 Å². The molecule has 12 heteroatoms. The van der Waals surface area contributed by atoms with E-state index in [1.54, 1.807) is 5.32 Å². The lowest BCUT2D eigenvalue weighted by atomic mass is 10.1. The summed E-state index contributed by atoms with van der Waals surface area (Å²) in [6.07, 6.45) is -4.11. The number of carbonyl (C=O) groups is 1. The second-order valence-corrected chi connectivity index (χ2v) is 6.02. The van der Waals surface area contributed by atoms with Crippen LogP contribution < -0.4 is 16.4 Å². The summed E-state index contributed by atoms with van der Waals surface area (Å²) < 4.78 is 86.2. The molecule has 2 heterocycles. The first-order valence-corrected chi connectivity index (χ1v) is 7.90. The number of hydrogen-bond donors (Lipinski definition) is 3. The molecule has 2 amide bonds. The van der Waals surface area contributed by atoms with E-state index in [0.29, 0.717) is 6.07 Å². The van der Waals surface area contributed by atoms with Crippen molar-refractivity contribution in [1.82, 2.24) is 10.3 Å². The van der Waals surface area contributed by atoms with Crippen molar-refractivity contribution < 1.29 is 35.6 Å². The van der Waals surface area contributed by atoms with Gasteiger partial charge in [0.05, 0.1) is 11.9 Å². The number of furan rings is 1. The fourth-order valence-corrected chi connectivity index (χ4v) is 2.65. The van der Waals surface area contributed by atoms with Crippen molar-refractivity contribution in [3.63, 3.8) is 0 Å². The number of fused-ring (bicyclic) bond motifs is 1. The maximum absolute atomic E-state index is 13.9. The molecule has 1 atom stereocenters. The third kappa shape index (κ3) is 4.05. The lowest BCUT2D eigenvalue weighted by molar-refractivity contribution is -0.158. The summed E-state index contributed by atoms with van der Waals surface area (Å²) in [4.78, 5) is 15.4. The Labute approximate surface area is 158 Å². The molecule has 0 aliphatic heterocycles. The minimum atomic E-state index is -5.05. The van der Waals surface area contributed by atoms with Crippen LogP contribution >= 0.6 is 0 Å². The molecule has 0 saturated heterocycles. The summed E-state index contributed by atoms with van der Waals surface area (Å²) in [6, 6.07) is -2.03. The van der Waals surface area contributed by atoms with Gasteiger partial charge >= 0.3 is 12.2 Å². The first kappa shape index (κ1) is 20.3. The molecule has 6 nitrogen and oxygen atoms in total. The van der Waals surface area contributed by atoms with E-state index in [0.717, 1.165) is 25.3 Å². The molecule has 0 spiro atoms. The number of halogens is 6. The van der Waals surface area contributed by atoms with Crippen molar-refractivity contribution in [2.24, 2.45) is 0 Å². The van der Waals surface area contributed by atoms with Crippen LogP contribution in [0.1, 0.15) is 17.4 Å². The summed E-state index contributed by atoms with van der Waals surface area (Å²) in [5.74, 6) is -4.47. The van der Waals surface area contributed by atoms with E-state index in [1.807, 2.05) is 5.32 Å². The van der Waals surface area contributed by atoms with Crippen LogP contribution in [-0.2, 0) is 0 Å². The van der Waals surface area contributed by atoms with Gasteiger partial charge in [-0.1, -0.05) is 0 Å². The Bertz CT molecular complexity index is 1100. The zero-order valence-corrected chi connectivity index (χ0v) is 14.5. The van der Waals surface area contributed by atoms with Crippen LogP contribution in [0.15, 0.2) is 28.8 Å². The Balaban J connectivity index is 1.94. The number of aryl methyl sites for hydroxylation is 1. The Morgan fingerprint density at radius 1 is 1.17 bits per heavy atom. The standard InChI is InChI=1S/C17H12F6N4O2/c1-6-9-2-7(18)3-10(19)13(9)29-12(6)14(17(21,22)23)27-16(28)26-8-4-11(20)15(24)25-5-8/h2-5,14H,1H3,(H2,24,25)(H2,26,27,28)/t14-/m1/s1. The summed E-state index contributed by atoms with van der Waals surface area (Å²) >= 11 is 0. The Kier molecular flexibility index (Phi) is 5.03. The van der Waals surface area contributed by atoms with E-state index in [9.17, 15) is 31.1 Å². The fraction of sp³-hybridized carbons (Fsp3) is 0.176. The van der Waals surface area contributed by atoms with Gasteiger partial charge < -0.3 is 20.8 Å². The summed E-state index contributed by atoms with van der Waals surface area (Å²) in [5, 5.41) is 3.39. The number of pyridine rings is 1. The predicted octanol–water partition coefficient (Wildman–Crippen LogP) is 4.56. The zero-order chi connectivity index (χ0) is 21.5. The van der Waals surface area contributed by atoms with E-state index in [1.165, 1.54) is 0 Å². The molecule has 154 valence electrons. The minimum Gasteiger partial charge on any atom is -0.455 e. The second kappa shape index (κ2) is 7.18. The highest BCUT2D eigenvalue weighted by Gasteiger charge is 2.45. The topological polar surface area (TPSA) is 93.2 Å². The molecular weight excluding hydrogens is 406 g/mol. The predicted molar refractivity (Wildman–Crippen MR) is 90.4 cm³/mol. The van der Waals surface area contributed by atoms with Crippen LogP contribution in [0.25, 0.3) is 11.0 Å². The monoisotopic (exact) mass is 418 g/mol. The molecule has 4 N–H and O–H groups in total. The third-order valence-corrected chi connectivity index (χ3v) is 3.99. The number of amides is 2. The SMILES string of the molecule is Cc1c([C@@H](NC(=O)Nc2cnc(N)c(F)c2)C(F)(F)F)oc2c(F)cc(F)cc12. The number of nitrogens with one attached hydrogen (secondary N) is 2. The Morgan fingerprint density at radius 3 is 2.48 bits per heavy atom. The van der Waals surface area contributed by atoms with E-state index in [2.05, 4.69) is 4.98 Å². The highest BCUT2D eigenvalue weighted by atomic mass is 19.4. The van der Waals surface area contributed by atoms with Gasteiger partial charge in [0.2, 0.25) is 0 Å². The number of rotatable bonds is 3. The highest BCUT2D eigenvalue weighted by Crippen LogP contribution is 2.39. The normalized spacial score (nSPS) is 12.8. The van der Waals surface area contributed by atoms with Crippen molar-refractivity contribution in [2.45, 2.75) is 19.1 Å². The number of hydrogen-bond acceptors (Lipinski definition) is 4. The highest BCUT2D eigenvalue weighted by molar-refractivity contribution is 5.90. The van der Waals surface area contributed by atoms with Gasteiger partial charge in [-0.15, -0.1) is 0 Å². The molecule has 1 aromatic carbocycles. The minimum absolute atomic E-state index is 0.207. The van der Waals surface area contributed by atoms with Crippen molar-refractivity contribution >= 4 is 28.5 Å². The number of nitrogen functional groups attached to an aromatic ring is 1. The molecule has 3 aromatic rings. The average molecular weight is 418 g/mol. The molecule has 29 heavy (non-hydrogen) atoms. The van der Waals surface area contributed by atoms with Gasteiger partial charge in [0.25, 0.3) is 0 Å². The molecule has 3 rings (SSSR count). The molecule has 0 radical (unpaired) electrons. The van der Waals surface area contributed by atoms with Gasteiger partial charge in [-0.3, -0.25) is 0 Å². The van der Waals surface area contributed by atoms with Crippen LogP contribution in [0.5, 0.6) is 0 Å². The second-order valence-electron chi connectivity index (χ2n) is 6.02. The van der Waals surface area contributed by atoms with Crippen molar-refractivity contribution in [3.8, 4) is 0 Å². The van der Waals surface area contributed by atoms with Gasteiger partial charge in [-0.2, -0.15) is 13.2 Å². The smallest absolute Gasteiger partial charge is 0.416 e. The first-order chi connectivity index (χ1) is 13.5. The largest absolute Gasteiger partial charge is 0.455 e. The van der Waals surface area contributed by atoms with Crippen LogP contribution in [0, 0.1) is 24.4 Å². The zero-order valence-electron chi connectivity index (χ0n) is 14.5. The summed E-state index contributed by atoms with van der Waals surface area (Å²) in [6.45, 7) is 1.16. The number of nitrogens with zero attached hydrogens (tertiary/aromatic N) is 1. The van der Waals surface area contributed by atoms with Gasteiger partial charge in [0.1, 0.15) is 11.6 Å². The lowest BCUT2D eigenvalue weighted by Crippen LogP contribution is -2.40.